The second kappa shape index (κ2) is 4.94. The predicted molar refractivity (Wildman–Crippen MR) is 72.6 cm³/mol. The van der Waals surface area contributed by atoms with E-state index >= 15 is 0 Å². The molecule has 0 saturated carbocycles. The molecule has 0 aliphatic heterocycles. The van der Waals surface area contributed by atoms with Gasteiger partial charge in [0.1, 0.15) is 5.69 Å². The van der Waals surface area contributed by atoms with Crippen LogP contribution in [0.5, 0.6) is 0 Å². The van der Waals surface area contributed by atoms with Gasteiger partial charge in [-0.15, -0.1) is 0 Å². The number of halogens is 2. The summed E-state index contributed by atoms with van der Waals surface area (Å²) in [5.74, 6) is -0.215. The lowest BCUT2D eigenvalue weighted by molar-refractivity contribution is 0.102. The number of carbonyl (C=O) groups excluding carboxylic acids is 1. The Hall–Kier alpha value is -1.26. The molecule has 0 radical (unpaired) electrons. The number of amides is 1. The third kappa shape index (κ3) is 2.90. The minimum atomic E-state index is -0.215. The Kier molecular flexibility index (Phi) is 3.54. The van der Waals surface area contributed by atoms with Crippen LogP contribution in [0.1, 0.15) is 16.1 Å². The molecule has 0 aliphatic carbocycles. The average molecular weight is 314 g/mol. The Labute approximate surface area is 112 Å². The number of hydrogen-bond donors (Lipinski definition) is 2. The molecule has 2 N–H and O–H groups in total. The summed E-state index contributed by atoms with van der Waals surface area (Å²) in [5, 5.41) is 3.29. The molecule has 1 aromatic heterocycles. The smallest absolute Gasteiger partial charge is 0.272 e. The van der Waals surface area contributed by atoms with E-state index in [9.17, 15) is 4.79 Å². The second-order valence-corrected chi connectivity index (χ2v) is 4.94. The fourth-order valence-corrected chi connectivity index (χ4v) is 1.91. The minimum Gasteiger partial charge on any atom is -0.356 e. The summed E-state index contributed by atoms with van der Waals surface area (Å²) >= 11 is 9.15. The highest BCUT2D eigenvalue weighted by Gasteiger charge is 2.08. The Morgan fingerprint density at radius 3 is 2.76 bits per heavy atom. The van der Waals surface area contributed by atoms with Gasteiger partial charge in [-0.25, -0.2) is 0 Å². The average Bonchev–Trinajstić information content (AvgIpc) is 2.70. The summed E-state index contributed by atoms with van der Waals surface area (Å²) in [7, 11) is 0. The van der Waals surface area contributed by atoms with Gasteiger partial charge in [0, 0.05) is 16.4 Å². The number of rotatable bonds is 2. The number of hydrogen-bond acceptors (Lipinski definition) is 1. The van der Waals surface area contributed by atoms with E-state index in [2.05, 4.69) is 26.2 Å². The van der Waals surface area contributed by atoms with Crippen LogP contribution >= 0.6 is 27.5 Å². The van der Waals surface area contributed by atoms with Crippen molar-refractivity contribution >= 4 is 39.1 Å². The molecule has 0 unspecified atom stereocenters. The van der Waals surface area contributed by atoms with Gasteiger partial charge in [-0.3, -0.25) is 4.79 Å². The Bertz CT molecular complexity index is 565. The quantitative estimate of drug-likeness (QED) is 0.865. The minimum absolute atomic E-state index is 0.215. The maximum atomic E-state index is 11.8. The molecule has 0 atom stereocenters. The van der Waals surface area contributed by atoms with Crippen LogP contribution in [0.2, 0.25) is 5.02 Å². The van der Waals surface area contributed by atoms with Crippen LogP contribution in [0.25, 0.3) is 0 Å². The molecule has 0 saturated heterocycles. The van der Waals surface area contributed by atoms with Gasteiger partial charge in [-0.2, -0.15) is 0 Å². The number of aromatic nitrogens is 1. The first-order valence-corrected chi connectivity index (χ1v) is 6.15. The topological polar surface area (TPSA) is 44.9 Å². The molecule has 1 amide bonds. The lowest BCUT2D eigenvalue weighted by Gasteiger charge is -2.05. The van der Waals surface area contributed by atoms with E-state index < -0.39 is 0 Å². The van der Waals surface area contributed by atoms with Crippen molar-refractivity contribution < 1.29 is 4.79 Å². The van der Waals surface area contributed by atoms with E-state index in [1.807, 2.05) is 25.1 Å². The zero-order valence-electron chi connectivity index (χ0n) is 9.05. The van der Waals surface area contributed by atoms with E-state index in [0.717, 1.165) is 15.7 Å². The maximum absolute atomic E-state index is 11.8. The highest BCUT2D eigenvalue weighted by molar-refractivity contribution is 9.10. The lowest BCUT2D eigenvalue weighted by Crippen LogP contribution is -2.12. The van der Waals surface area contributed by atoms with Gasteiger partial charge in [0.05, 0.1) is 5.02 Å². The van der Waals surface area contributed by atoms with Crippen molar-refractivity contribution in [3.05, 3.63) is 51.2 Å². The van der Waals surface area contributed by atoms with Gasteiger partial charge in [0.15, 0.2) is 0 Å². The normalized spacial score (nSPS) is 10.3. The molecule has 1 heterocycles. The van der Waals surface area contributed by atoms with Gasteiger partial charge in [-0.05, 0) is 30.7 Å². The third-order valence-electron chi connectivity index (χ3n) is 2.32. The molecule has 88 valence electrons. The van der Waals surface area contributed by atoms with E-state index in [1.165, 1.54) is 0 Å². The van der Waals surface area contributed by atoms with Crippen molar-refractivity contribution in [3.8, 4) is 0 Å². The first kappa shape index (κ1) is 12.2. The Morgan fingerprint density at radius 1 is 1.41 bits per heavy atom. The number of anilines is 1. The first-order chi connectivity index (χ1) is 8.06. The number of nitrogens with one attached hydrogen (secondary N) is 2. The van der Waals surface area contributed by atoms with E-state index in [0.29, 0.717) is 10.7 Å². The van der Waals surface area contributed by atoms with Crippen LogP contribution in [0.3, 0.4) is 0 Å². The summed E-state index contributed by atoms with van der Waals surface area (Å²) in [5.41, 5.74) is 2.29. The predicted octanol–water partition coefficient (Wildman–Crippen LogP) is 3.99. The largest absolute Gasteiger partial charge is 0.356 e. The molecular weight excluding hydrogens is 304 g/mol. The Balaban J connectivity index is 2.15. The van der Waals surface area contributed by atoms with Crippen molar-refractivity contribution in [1.29, 1.82) is 0 Å². The van der Waals surface area contributed by atoms with Crippen molar-refractivity contribution in [3.63, 3.8) is 0 Å². The number of carbonyl (C=O) groups is 1. The SMILES string of the molecule is Cc1ccc(NC(=O)c2cc(Cl)c[nH]2)cc1Br. The van der Waals surface area contributed by atoms with Gasteiger partial charge in [0.2, 0.25) is 0 Å². The fourth-order valence-electron chi connectivity index (χ4n) is 1.37. The van der Waals surface area contributed by atoms with Gasteiger partial charge in [-0.1, -0.05) is 33.6 Å². The molecule has 0 fully saturated rings. The fraction of sp³-hybridized carbons (Fsp3) is 0.0833. The van der Waals surface area contributed by atoms with Crippen LogP contribution in [-0.2, 0) is 0 Å². The molecule has 5 heteroatoms. The summed E-state index contributed by atoms with van der Waals surface area (Å²) < 4.78 is 0.958. The van der Waals surface area contributed by atoms with Crippen LogP contribution < -0.4 is 5.32 Å². The van der Waals surface area contributed by atoms with E-state index in [1.54, 1.807) is 12.3 Å². The second-order valence-electron chi connectivity index (χ2n) is 3.65. The van der Waals surface area contributed by atoms with Crippen molar-refractivity contribution in [2.75, 3.05) is 5.32 Å². The van der Waals surface area contributed by atoms with Gasteiger partial charge < -0.3 is 10.3 Å². The number of H-pyrrole nitrogens is 1. The molecule has 17 heavy (non-hydrogen) atoms. The highest BCUT2D eigenvalue weighted by atomic mass is 79.9. The monoisotopic (exact) mass is 312 g/mol. The zero-order chi connectivity index (χ0) is 12.4. The molecule has 1 aromatic carbocycles. The zero-order valence-corrected chi connectivity index (χ0v) is 11.4. The first-order valence-electron chi connectivity index (χ1n) is 4.97. The highest BCUT2D eigenvalue weighted by Crippen LogP contribution is 2.21. The lowest BCUT2D eigenvalue weighted by atomic mass is 10.2. The van der Waals surface area contributed by atoms with Crippen LogP contribution in [-0.4, -0.2) is 10.9 Å². The molecule has 3 nitrogen and oxygen atoms in total. The summed E-state index contributed by atoms with van der Waals surface area (Å²) in [6.45, 7) is 1.99. The van der Waals surface area contributed by atoms with Crippen LogP contribution in [0.15, 0.2) is 34.9 Å². The maximum Gasteiger partial charge on any atom is 0.272 e. The molecule has 0 spiro atoms. The van der Waals surface area contributed by atoms with Gasteiger partial charge >= 0.3 is 0 Å². The molecule has 0 bridgehead atoms. The number of aromatic amines is 1. The van der Waals surface area contributed by atoms with E-state index in [4.69, 9.17) is 11.6 Å². The molecule has 2 aromatic rings. The van der Waals surface area contributed by atoms with Crippen molar-refractivity contribution in [1.82, 2.24) is 4.98 Å². The van der Waals surface area contributed by atoms with Gasteiger partial charge in [0.25, 0.3) is 5.91 Å². The molecule has 2 rings (SSSR count). The number of aryl methyl sites for hydroxylation is 1. The summed E-state index contributed by atoms with van der Waals surface area (Å²) in [4.78, 5) is 14.6. The summed E-state index contributed by atoms with van der Waals surface area (Å²) in [6.07, 6.45) is 1.57. The third-order valence-corrected chi connectivity index (χ3v) is 3.39. The Morgan fingerprint density at radius 2 is 2.18 bits per heavy atom. The molecular formula is C12H10BrClN2O. The molecule has 0 aliphatic rings. The standard InChI is InChI=1S/C12H10BrClN2O/c1-7-2-3-9(5-10(7)13)16-12(17)11-4-8(14)6-15-11/h2-6,15H,1H3,(H,16,17). The van der Waals surface area contributed by atoms with Crippen molar-refractivity contribution in [2.24, 2.45) is 0 Å². The summed E-state index contributed by atoms with van der Waals surface area (Å²) in [6, 6.07) is 7.22. The van der Waals surface area contributed by atoms with Crippen LogP contribution in [0, 0.1) is 6.92 Å². The van der Waals surface area contributed by atoms with Crippen LogP contribution in [0.4, 0.5) is 5.69 Å². The van der Waals surface area contributed by atoms with E-state index in [-0.39, 0.29) is 5.91 Å². The van der Waals surface area contributed by atoms with Crippen molar-refractivity contribution in [2.45, 2.75) is 6.92 Å². The number of benzene rings is 1.